The SMILES string of the molecule is CCOC(=O)CN1C(=O)C(=C2SC(=S)N(c3ccccc3)C2=O)c2ccccc21. The van der Waals surface area contributed by atoms with Crippen LogP contribution >= 0.6 is 24.0 Å². The molecule has 2 aromatic carbocycles. The molecule has 2 aromatic rings. The molecule has 0 aliphatic carbocycles. The number of carbonyl (C=O) groups excluding carboxylic acids is 3. The lowest BCUT2D eigenvalue weighted by Crippen LogP contribution is -2.34. The number of hydrogen-bond donors (Lipinski definition) is 0. The number of hydrogen-bond acceptors (Lipinski definition) is 6. The first-order valence-corrected chi connectivity index (χ1v) is 10.2. The molecule has 1 fully saturated rings. The molecule has 1 saturated heterocycles. The second kappa shape index (κ2) is 7.81. The van der Waals surface area contributed by atoms with Crippen LogP contribution in [0.25, 0.3) is 5.57 Å². The normalized spacial score (nSPS) is 18.4. The Bertz CT molecular complexity index is 1070. The van der Waals surface area contributed by atoms with Crippen molar-refractivity contribution in [1.82, 2.24) is 0 Å². The molecule has 0 bridgehead atoms. The van der Waals surface area contributed by atoms with Gasteiger partial charge in [0.25, 0.3) is 11.8 Å². The zero-order valence-electron chi connectivity index (χ0n) is 15.5. The van der Waals surface area contributed by atoms with Crippen molar-refractivity contribution in [1.29, 1.82) is 0 Å². The van der Waals surface area contributed by atoms with Crippen LogP contribution in [0, 0.1) is 0 Å². The number of para-hydroxylation sites is 2. The third-order valence-electron chi connectivity index (χ3n) is 4.53. The van der Waals surface area contributed by atoms with Crippen molar-refractivity contribution in [2.75, 3.05) is 23.0 Å². The summed E-state index contributed by atoms with van der Waals surface area (Å²) in [6.07, 6.45) is 0. The van der Waals surface area contributed by atoms with E-state index in [1.165, 1.54) is 9.80 Å². The maximum Gasteiger partial charge on any atom is 0.326 e. The van der Waals surface area contributed by atoms with E-state index in [2.05, 4.69) is 0 Å². The van der Waals surface area contributed by atoms with E-state index < -0.39 is 11.9 Å². The van der Waals surface area contributed by atoms with E-state index in [0.29, 0.717) is 21.3 Å². The highest BCUT2D eigenvalue weighted by Gasteiger charge is 2.42. The second-order valence-electron chi connectivity index (χ2n) is 6.26. The van der Waals surface area contributed by atoms with Gasteiger partial charge in [-0.05, 0) is 25.1 Å². The zero-order chi connectivity index (χ0) is 20.5. The summed E-state index contributed by atoms with van der Waals surface area (Å²) in [4.78, 5) is 41.4. The first kappa shape index (κ1) is 19.4. The van der Waals surface area contributed by atoms with Gasteiger partial charge >= 0.3 is 5.97 Å². The van der Waals surface area contributed by atoms with Crippen molar-refractivity contribution in [3.8, 4) is 0 Å². The van der Waals surface area contributed by atoms with Gasteiger partial charge in [-0.1, -0.05) is 60.4 Å². The van der Waals surface area contributed by atoms with Crippen molar-refractivity contribution < 1.29 is 19.1 Å². The van der Waals surface area contributed by atoms with Crippen molar-refractivity contribution >= 4 is 63.0 Å². The van der Waals surface area contributed by atoms with Crippen LogP contribution < -0.4 is 9.80 Å². The second-order valence-corrected chi connectivity index (χ2v) is 7.91. The molecule has 0 radical (unpaired) electrons. The number of ether oxygens (including phenoxy) is 1. The Kier molecular flexibility index (Phi) is 5.21. The summed E-state index contributed by atoms with van der Waals surface area (Å²) < 4.78 is 5.35. The van der Waals surface area contributed by atoms with E-state index in [9.17, 15) is 14.4 Å². The highest BCUT2D eigenvalue weighted by atomic mass is 32.2. The summed E-state index contributed by atoms with van der Waals surface area (Å²) in [5.41, 5.74) is 2.09. The molecule has 0 unspecified atom stereocenters. The van der Waals surface area contributed by atoms with Crippen molar-refractivity contribution in [3.05, 3.63) is 65.1 Å². The van der Waals surface area contributed by atoms with Gasteiger partial charge in [-0.3, -0.25) is 24.2 Å². The van der Waals surface area contributed by atoms with Gasteiger partial charge in [0.05, 0.1) is 28.5 Å². The van der Waals surface area contributed by atoms with Crippen LogP contribution in [-0.2, 0) is 19.1 Å². The molecule has 2 heterocycles. The molecule has 8 heteroatoms. The van der Waals surface area contributed by atoms with Crippen LogP contribution in [0.5, 0.6) is 0 Å². The number of anilines is 2. The van der Waals surface area contributed by atoms with Gasteiger partial charge in [-0.15, -0.1) is 0 Å². The van der Waals surface area contributed by atoms with Crippen molar-refractivity contribution in [3.63, 3.8) is 0 Å². The van der Waals surface area contributed by atoms with E-state index in [1.54, 1.807) is 43.3 Å². The van der Waals surface area contributed by atoms with Crippen LogP contribution in [0.2, 0.25) is 0 Å². The van der Waals surface area contributed by atoms with Gasteiger partial charge in [0.2, 0.25) is 0 Å². The summed E-state index contributed by atoms with van der Waals surface area (Å²) >= 11 is 6.51. The Balaban J connectivity index is 1.77. The fraction of sp³-hybridized carbons (Fsp3) is 0.143. The third-order valence-corrected chi connectivity index (χ3v) is 5.90. The monoisotopic (exact) mass is 424 g/mol. The molecule has 0 N–H and O–H groups in total. The molecule has 0 spiro atoms. The van der Waals surface area contributed by atoms with Crippen LogP contribution in [0.3, 0.4) is 0 Å². The van der Waals surface area contributed by atoms with Gasteiger partial charge in [0, 0.05) is 5.56 Å². The molecule has 4 rings (SSSR count). The molecule has 0 atom stereocenters. The number of rotatable bonds is 4. The van der Waals surface area contributed by atoms with Gasteiger partial charge in [0.1, 0.15) is 6.54 Å². The quantitative estimate of drug-likeness (QED) is 0.426. The van der Waals surface area contributed by atoms with Gasteiger partial charge in [-0.25, -0.2) is 0 Å². The average Bonchev–Trinajstić information content (AvgIpc) is 3.16. The molecule has 2 amide bonds. The Hall–Kier alpha value is -2.97. The van der Waals surface area contributed by atoms with Gasteiger partial charge < -0.3 is 4.74 Å². The molecule has 2 aliphatic heterocycles. The molecule has 6 nitrogen and oxygen atoms in total. The number of benzene rings is 2. The summed E-state index contributed by atoms with van der Waals surface area (Å²) in [5.74, 6) is -1.26. The predicted molar refractivity (Wildman–Crippen MR) is 116 cm³/mol. The molecular weight excluding hydrogens is 408 g/mol. The molecule has 146 valence electrons. The highest BCUT2D eigenvalue weighted by molar-refractivity contribution is 8.27. The van der Waals surface area contributed by atoms with Crippen LogP contribution in [-0.4, -0.2) is 35.3 Å². The van der Waals surface area contributed by atoms with Crippen LogP contribution in [0.4, 0.5) is 11.4 Å². The topological polar surface area (TPSA) is 66.9 Å². The van der Waals surface area contributed by atoms with Crippen molar-refractivity contribution in [2.45, 2.75) is 6.92 Å². The first-order valence-electron chi connectivity index (χ1n) is 8.95. The van der Waals surface area contributed by atoms with Gasteiger partial charge in [-0.2, -0.15) is 0 Å². The minimum absolute atomic E-state index is 0.216. The lowest BCUT2D eigenvalue weighted by molar-refractivity contribution is -0.142. The number of nitrogens with zero attached hydrogens (tertiary/aromatic N) is 2. The molecule has 0 saturated carbocycles. The summed E-state index contributed by atoms with van der Waals surface area (Å²) in [7, 11) is 0. The molecule has 29 heavy (non-hydrogen) atoms. The number of esters is 1. The smallest absolute Gasteiger partial charge is 0.326 e. The Morgan fingerprint density at radius 1 is 1.03 bits per heavy atom. The summed E-state index contributed by atoms with van der Waals surface area (Å²) in [6.45, 7) is 1.72. The van der Waals surface area contributed by atoms with E-state index >= 15 is 0 Å². The van der Waals surface area contributed by atoms with Crippen LogP contribution in [0.1, 0.15) is 12.5 Å². The van der Waals surface area contributed by atoms with Gasteiger partial charge in [0.15, 0.2) is 4.32 Å². The fourth-order valence-corrected chi connectivity index (χ4v) is 4.68. The fourth-order valence-electron chi connectivity index (χ4n) is 3.31. The average molecular weight is 425 g/mol. The first-order chi connectivity index (χ1) is 14.0. The van der Waals surface area contributed by atoms with E-state index in [4.69, 9.17) is 17.0 Å². The van der Waals surface area contributed by atoms with E-state index in [0.717, 1.165) is 11.8 Å². The lowest BCUT2D eigenvalue weighted by atomic mass is 10.1. The highest BCUT2D eigenvalue weighted by Crippen LogP contribution is 2.45. The van der Waals surface area contributed by atoms with Crippen molar-refractivity contribution in [2.24, 2.45) is 0 Å². The third kappa shape index (κ3) is 3.34. The van der Waals surface area contributed by atoms with E-state index in [-0.39, 0.29) is 29.5 Å². The van der Waals surface area contributed by atoms with Crippen LogP contribution in [0.15, 0.2) is 59.5 Å². The number of thioether (sulfide) groups is 1. The maximum atomic E-state index is 13.2. The zero-order valence-corrected chi connectivity index (χ0v) is 17.1. The minimum Gasteiger partial charge on any atom is -0.465 e. The summed E-state index contributed by atoms with van der Waals surface area (Å²) in [6, 6.07) is 16.1. The molecular formula is C21H16N2O4S2. The predicted octanol–water partition coefficient (Wildman–Crippen LogP) is 3.37. The standard InChI is InChI=1S/C21H16N2O4S2/c1-2-27-16(24)12-22-15-11-7-6-10-14(15)17(19(22)25)18-20(26)23(21(28)29-18)13-8-4-3-5-9-13/h3-11H,2,12H2,1H3. The molecule has 2 aliphatic rings. The number of thiocarbonyl (C=S) groups is 1. The number of fused-ring (bicyclic) bond motifs is 1. The number of carbonyl (C=O) groups is 3. The van der Waals surface area contributed by atoms with E-state index in [1.807, 2.05) is 18.2 Å². The minimum atomic E-state index is -0.506. The number of amides is 2. The Morgan fingerprint density at radius 2 is 1.72 bits per heavy atom. The Labute approximate surface area is 177 Å². The Morgan fingerprint density at radius 3 is 2.45 bits per heavy atom. The maximum absolute atomic E-state index is 13.2. The summed E-state index contributed by atoms with van der Waals surface area (Å²) in [5, 5.41) is 0. The largest absolute Gasteiger partial charge is 0.465 e. The lowest BCUT2D eigenvalue weighted by Gasteiger charge is -2.15. The molecule has 0 aromatic heterocycles.